The first kappa shape index (κ1) is 11.9. The van der Waals surface area contributed by atoms with Crippen molar-refractivity contribution in [3.8, 4) is 5.75 Å². The molecule has 0 aliphatic heterocycles. The van der Waals surface area contributed by atoms with Crippen LogP contribution in [0.3, 0.4) is 0 Å². The maximum Gasteiger partial charge on any atom is 0.330 e. The van der Waals surface area contributed by atoms with Crippen molar-refractivity contribution in [1.82, 2.24) is 4.98 Å². The SMILES string of the molecule is CCOC(=O)/C=C/C(=O)c1ncccc1O. The number of carbonyl (C=O) groups excluding carboxylic acids is 2. The Kier molecular flexibility index (Phi) is 4.20. The molecular weight excluding hydrogens is 210 g/mol. The van der Waals surface area contributed by atoms with Crippen LogP contribution in [0.2, 0.25) is 0 Å². The fourth-order valence-electron chi connectivity index (χ4n) is 1.000. The Morgan fingerprint density at radius 2 is 2.25 bits per heavy atom. The van der Waals surface area contributed by atoms with E-state index in [-0.39, 0.29) is 18.1 Å². The van der Waals surface area contributed by atoms with Crippen molar-refractivity contribution in [2.75, 3.05) is 6.61 Å². The highest BCUT2D eigenvalue weighted by atomic mass is 16.5. The van der Waals surface area contributed by atoms with Crippen LogP contribution in [0.4, 0.5) is 0 Å². The molecule has 1 rings (SSSR count). The topological polar surface area (TPSA) is 76.5 Å². The van der Waals surface area contributed by atoms with Gasteiger partial charge in [0, 0.05) is 12.3 Å². The van der Waals surface area contributed by atoms with Crippen molar-refractivity contribution in [1.29, 1.82) is 0 Å². The molecule has 84 valence electrons. The highest BCUT2D eigenvalue weighted by molar-refractivity contribution is 6.07. The fourth-order valence-corrected chi connectivity index (χ4v) is 1.000. The molecule has 0 saturated carbocycles. The monoisotopic (exact) mass is 221 g/mol. The Morgan fingerprint density at radius 1 is 1.50 bits per heavy atom. The van der Waals surface area contributed by atoms with E-state index in [0.717, 1.165) is 12.2 Å². The number of hydrogen-bond donors (Lipinski definition) is 1. The van der Waals surface area contributed by atoms with E-state index >= 15 is 0 Å². The van der Waals surface area contributed by atoms with Crippen molar-refractivity contribution in [2.45, 2.75) is 6.92 Å². The molecule has 16 heavy (non-hydrogen) atoms. The number of hydrogen-bond acceptors (Lipinski definition) is 5. The Morgan fingerprint density at radius 3 is 2.88 bits per heavy atom. The van der Waals surface area contributed by atoms with Crippen LogP contribution >= 0.6 is 0 Å². The molecule has 5 nitrogen and oxygen atoms in total. The first-order valence-electron chi connectivity index (χ1n) is 4.68. The van der Waals surface area contributed by atoms with Gasteiger partial charge in [-0.1, -0.05) is 0 Å². The van der Waals surface area contributed by atoms with Gasteiger partial charge in [0.1, 0.15) is 5.75 Å². The summed E-state index contributed by atoms with van der Waals surface area (Å²) in [6.45, 7) is 1.91. The molecular formula is C11H11NO4. The van der Waals surface area contributed by atoms with E-state index in [4.69, 9.17) is 0 Å². The zero-order valence-electron chi connectivity index (χ0n) is 8.71. The summed E-state index contributed by atoms with van der Waals surface area (Å²) in [4.78, 5) is 26.1. The number of carbonyl (C=O) groups is 2. The average Bonchev–Trinajstić information content (AvgIpc) is 2.27. The molecule has 1 heterocycles. The molecule has 0 atom stereocenters. The first-order valence-corrected chi connectivity index (χ1v) is 4.68. The number of ether oxygens (including phenoxy) is 1. The molecule has 0 aliphatic carbocycles. The lowest BCUT2D eigenvalue weighted by atomic mass is 10.2. The molecule has 0 aromatic carbocycles. The van der Waals surface area contributed by atoms with Crippen LogP contribution in [0.15, 0.2) is 30.5 Å². The first-order chi connectivity index (χ1) is 7.65. The largest absolute Gasteiger partial charge is 0.506 e. The zero-order valence-corrected chi connectivity index (χ0v) is 8.71. The fraction of sp³-hybridized carbons (Fsp3) is 0.182. The third-order valence-corrected chi connectivity index (χ3v) is 1.68. The molecule has 0 spiro atoms. The van der Waals surface area contributed by atoms with Crippen LogP contribution in [0.1, 0.15) is 17.4 Å². The summed E-state index contributed by atoms with van der Waals surface area (Å²) < 4.78 is 4.60. The van der Waals surface area contributed by atoms with Crippen LogP contribution in [-0.4, -0.2) is 28.4 Å². The van der Waals surface area contributed by atoms with Crippen molar-refractivity contribution >= 4 is 11.8 Å². The minimum absolute atomic E-state index is 0.0944. The Labute approximate surface area is 92.4 Å². The van der Waals surface area contributed by atoms with Crippen molar-refractivity contribution in [3.05, 3.63) is 36.2 Å². The third-order valence-electron chi connectivity index (χ3n) is 1.68. The van der Waals surface area contributed by atoms with Gasteiger partial charge in [-0.25, -0.2) is 9.78 Å². The van der Waals surface area contributed by atoms with Gasteiger partial charge in [-0.05, 0) is 25.1 Å². The average molecular weight is 221 g/mol. The second-order valence-electron chi connectivity index (χ2n) is 2.82. The van der Waals surface area contributed by atoms with Crippen molar-refractivity contribution in [2.24, 2.45) is 0 Å². The van der Waals surface area contributed by atoms with Gasteiger partial charge in [0.15, 0.2) is 5.69 Å². The van der Waals surface area contributed by atoms with E-state index in [0.29, 0.717) is 0 Å². The molecule has 0 bridgehead atoms. The number of ketones is 1. The van der Waals surface area contributed by atoms with Gasteiger partial charge in [0.25, 0.3) is 0 Å². The molecule has 1 aromatic heterocycles. The van der Waals surface area contributed by atoms with E-state index in [1.54, 1.807) is 6.92 Å². The van der Waals surface area contributed by atoms with Gasteiger partial charge >= 0.3 is 5.97 Å². The van der Waals surface area contributed by atoms with Crippen molar-refractivity contribution < 1.29 is 19.4 Å². The molecule has 0 radical (unpaired) electrons. The van der Waals surface area contributed by atoms with Gasteiger partial charge < -0.3 is 9.84 Å². The highest BCUT2D eigenvalue weighted by Crippen LogP contribution is 2.13. The van der Waals surface area contributed by atoms with E-state index < -0.39 is 11.8 Å². The summed E-state index contributed by atoms with van der Waals surface area (Å²) in [6, 6.07) is 2.85. The van der Waals surface area contributed by atoms with Gasteiger partial charge in [0.2, 0.25) is 5.78 Å². The van der Waals surface area contributed by atoms with Crippen LogP contribution in [0, 0.1) is 0 Å². The van der Waals surface area contributed by atoms with E-state index in [2.05, 4.69) is 9.72 Å². The Bertz CT molecular complexity index is 426. The molecule has 1 aromatic rings. The molecule has 0 saturated heterocycles. The number of aromatic hydroxyl groups is 1. The summed E-state index contributed by atoms with van der Waals surface area (Å²) in [5.74, 6) is -1.38. The maximum atomic E-state index is 11.5. The van der Waals surface area contributed by atoms with Gasteiger partial charge in [-0.3, -0.25) is 4.79 Å². The molecule has 0 fully saturated rings. The predicted molar refractivity (Wildman–Crippen MR) is 56.0 cm³/mol. The number of pyridine rings is 1. The Hall–Kier alpha value is -2.17. The molecule has 0 aliphatic rings. The summed E-state index contributed by atoms with van der Waals surface area (Å²) in [6.07, 6.45) is 3.39. The number of allylic oxidation sites excluding steroid dienone is 1. The number of esters is 1. The quantitative estimate of drug-likeness (QED) is 0.468. The molecule has 1 N–H and O–H groups in total. The minimum atomic E-state index is -0.605. The third kappa shape index (κ3) is 3.20. The van der Waals surface area contributed by atoms with Crippen molar-refractivity contribution in [3.63, 3.8) is 0 Å². The van der Waals surface area contributed by atoms with Crippen LogP contribution < -0.4 is 0 Å². The molecule has 0 amide bonds. The summed E-state index contributed by atoms with van der Waals surface area (Å²) >= 11 is 0. The highest BCUT2D eigenvalue weighted by Gasteiger charge is 2.09. The molecule has 0 unspecified atom stereocenters. The lowest BCUT2D eigenvalue weighted by Crippen LogP contribution is -2.03. The second-order valence-corrected chi connectivity index (χ2v) is 2.82. The lowest BCUT2D eigenvalue weighted by molar-refractivity contribution is -0.137. The predicted octanol–water partition coefficient (Wildman–Crippen LogP) is 1.09. The number of aromatic nitrogens is 1. The van der Waals surface area contributed by atoms with E-state index in [1.165, 1.54) is 18.3 Å². The van der Waals surface area contributed by atoms with Crippen LogP contribution in [0.5, 0.6) is 5.75 Å². The van der Waals surface area contributed by atoms with E-state index in [1.807, 2.05) is 0 Å². The normalized spacial score (nSPS) is 10.3. The molecule has 5 heteroatoms. The van der Waals surface area contributed by atoms with Crippen LogP contribution in [0.25, 0.3) is 0 Å². The number of nitrogens with zero attached hydrogens (tertiary/aromatic N) is 1. The van der Waals surface area contributed by atoms with Gasteiger partial charge in [-0.15, -0.1) is 0 Å². The smallest absolute Gasteiger partial charge is 0.330 e. The van der Waals surface area contributed by atoms with Crippen LogP contribution in [-0.2, 0) is 9.53 Å². The van der Waals surface area contributed by atoms with Gasteiger partial charge in [0.05, 0.1) is 6.61 Å². The summed E-state index contributed by atoms with van der Waals surface area (Å²) in [5, 5.41) is 9.32. The lowest BCUT2D eigenvalue weighted by Gasteiger charge is -1.97. The van der Waals surface area contributed by atoms with Gasteiger partial charge in [-0.2, -0.15) is 0 Å². The second kappa shape index (κ2) is 5.65. The summed E-state index contributed by atoms with van der Waals surface area (Å²) in [7, 11) is 0. The Balaban J connectivity index is 2.73. The zero-order chi connectivity index (χ0) is 12.0. The maximum absolute atomic E-state index is 11.5. The van der Waals surface area contributed by atoms with E-state index in [9.17, 15) is 14.7 Å². The standard InChI is InChI=1S/C11H11NO4/c1-2-16-10(15)6-5-9(14)11-8(13)4-3-7-12-11/h3-7,13H,2H2,1H3/b6-5+. The minimum Gasteiger partial charge on any atom is -0.506 e. The number of rotatable bonds is 4. The summed E-state index contributed by atoms with van der Waals surface area (Å²) in [5.41, 5.74) is -0.0944.